The topological polar surface area (TPSA) is 87.1 Å². The second kappa shape index (κ2) is 10.1. The molecule has 7 nitrogen and oxygen atoms in total. The number of hydrogen-bond donors (Lipinski definition) is 1. The minimum Gasteiger partial charge on any atom is -0.461 e. The minimum absolute atomic E-state index is 0.0503. The number of esters is 1. The lowest BCUT2D eigenvalue weighted by Gasteiger charge is -2.43. The second-order valence-corrected chi connectivity index (χ2v) is 11.9. The van der Waals surface area contributed by atoms with Crippen molar-refractivity contribution in [2.24, 2.45) is 17.8 Å². The zero-order valence-electron chi connectivity index (χ0n) is 20.4. The molecule has 3 saturated heterocycles. The lowest BCUT2D eigenvalue weighted by Crippen LogP contribution is -2.60. The first-order valence-corrected chi connectivity index (χ1v) is 13.5. The van der Waals surface area contributed by atoms with Crippen LogP contribution < -0.4 is 0 Å². The van der Waals surface area contributed by atoms with Gasteiger partial charge in [0.2, 0.25) is 11.8 Å². The Balaban J connectivity index is 1.76. The van der Waals surface area contributed by atoms with Gasteiger partial charge < -0.3 is 19.6 Å². The van der Waals surface area contributed by atoms with E-state index in [1.807, 2.05) is 4.90 Å². The molecule has 3 unspecified atom stereocenters. The Hall–Kier alpha value is -1.80. The average molecular weight is 491 g/mol. The molecule has 3 heterocycles. The molecule has 1 N–H and O–H groups in total. The number of rotatable bonds is 9. The molecule has 4 rings (SSSR count). The van der Waals surface area contributed by atoms with Gasteiger partial charge in [-0.3, -0.25) is 14.4 Å². The van der Waals surface area contributed by atoms with E-state index in [9.17, 15) is 19.5 Å². The molecule has 8 heteroatoms. The zero-order valence-corrected chi connectivity index (χ0v) is 21.2. The van der Waals surface area contributed by atoms with E-state index in [4.69, 9.17) is 4.74 Å². The van der Waals surface area contributed by atoms with Crippen LogP contribution in [0.25, 0.3) is 0 Å². The van der Waals surface area contributed by atoms with Crippen molar-refractivity contribution < 1.29 is 24.2 Å². The molecule has 7 atom stereocenters. The monoisotopic (exact) mass is 490 g/mol. The summed E-state index contributed by atoms with van der Waals surface area (Å²) in [5, 5.41) is 10.00. The molecule has 188 valence electrons. The van der Waals surface area contributed by atoms with E-state index in [0.717, 1.165) is 32.1 Å². The molecule has 2 bridgehead atoms. The highest BCUT2D eigenvalue weighted by Gasteiger charge is 2.77. The maximum atomic E-state index is 14.4. The predicted octanol–water partition coefficient (Wildman–Crippen LogP) is 2.78. The summed E-state index contributed by atoms with van der Waals surface area (Å²) in [7, 11) is 0. The Labute approximate surface area is 206 Å². The normalized spacial score (nSPS) is 35.7. The van der Waals surface area contributed by atoms with Crippen molar-refractivity contribution >= 4 is 29.5 Å². The molecule has 0 aromatic heterocycles. The third-order valence-corrected chi connectivity index (χ3v) is 10.5. The Morgan fingerprint density at radius 2 is 2.00 bits per heavy atom. The molecule has 0 aromatic carbocycles. The predicted molar refractivity (Wildman–Crippen MR) is 132 cm³/mol. The van der Waals surface area contributed by atoms with Crippen molar-refractivity contribution in [2.45, 2.75) is 80.5 Å². The number of hydrogen-bond acceptors (Lipinski definition) is 6. The fourth-order valence-electron chi connectivity index (χ4n) is 6.91. The van der Waals surface area contributed by atoms with Crippen LogP contribution in [-0.4, -0.2) is 80.6 Å². The van der Waals surface area contributed by atoms with Crippen LogP contribution in [0.1, 0.15) is 52.4 Å². The van der Waals surface area contributed by atoms with E-state index < -0.39 is 28.7 Å². The van der Waals surface area contributed by atoms with Crippen molar-refractivity contribution in [3.05, 3.63) is 25.3 Å². The number of nitrogens with zero attached hydrogens (tertiary/aromatic N) is 2. The molecule has 34 heavy (non-hydrogen) atoms. The Bertz CT molecular complexity index is 843. The van der Waals surface area contributed by atoms with Crippen LogP contribution in [-0.2, 0) is 19.1 Å². The molecule has 1 aliphatic carbocycles. The van der Waals surface area contributed by atoms with Crippen LogP contribution in [0.3, 0.4) is 0 Å². The summed E-state index contributed by atoms with van der Waals surface area (Å²) >= 11 is 1.64. The fraction of sp³-hybridized carbons (Fsp3) is 0.731. The summed E-state index contributed by atoms with van der Waals surface area (Å²) in [5.41, 5.74) is 0. The van der Waals surface area contributed by atoms with Gasteiger partial charge >= 0.3 is 5.97 Å². The molecule has 1 saturated carbocycles. The van der Waals surface area contributed by atoms with Crippen LogP contribution in [0.15, 0.2) is 25.3 Å². The smallest absolute Gasteiger partial charge is 0.311 e. The Morgan fingerprint density at radius 1 is 1.29 bits per heavy atom. The summed E-state index contributed by atoms with van der Waals surface area (Å²) in [4.78, 5) is 45.0. The highest BCUT2D eigenvalue weighted by molar-refractivity contribution is 8.02. The van der Waals surface area contributed by atoms with E-state index in [0.29, 0.717) is 6.54 Å². The van der Waals surface area contributed by atoms with E-state index in [1.54, 1.807) is 29.7 Å². The quantitative estimate of drug-likeness (QED) is 0.395. The first-order chi connectivity index (χ1) is 16.3. The van der Waals surface area contributed by atoms with Crippen LogP contribution in [0.2, 0.25) is 0 Å². The highest BCUT2D eigenvalue weighted by Crippen LogP contribution is 2.69. The summed E-state index contributed by atoms with van der Waals surface area (Å²) in [5.74, 6) is -1.77. The van der Waals surface area contributed by atoms with Crippen LogP contribution in [0.4, 0.5) is 0 Å². The number of fused-ring (bicyclic) bond motifs is 1. The number of carbonyl (C=O) groups excluding carboxylic acids is 3. The number of carbonyl (C=O) groups is 3. The number of aliphatic hydroxyl groups is 1. The number of thioether (sulfide) groups is 1. The van der Waals surface area contributed by atoms with Gasteiger partial charge in [0, 0.05) is 17.8 Å². The molecule has 3 aliphatic heterocycles. The Morgan fingerprint density at radius 3 is 2.62 bits per heavy atom. The third-order valence-electron chi connectivity index (χ3n) is 8.40. The van der Waals surface area contributed by atoms with E-state index in [1.165, 1.54) is 12.5 Å². The van der Waals surface area contributed by atoms with Crippen molar-refractivity contribution in [1.82, 2.24) is 9.80 Å². The molecule has 0 radical (unpaired) electrons. The summed E-state index contributed by atoms with van der Waals surface area (Å²) in [6.07, 6.45) is 9.30. The van der Waals surface area contributed by atoms with Crippen LogP contribution >= 0.6 is 11.8 Å². The average Bonchev–Trinajstić information content (AvgIpc) is 3.44. The lowest BCUT2D eigenvalue weighted by molar-refractivity contribution is -0.154. The molecule has 4 aliphatic rings. The maximum absolute atomic E-state index is 14.4. The largest absolute Gasteiger partial charge is 0.461 e. The standard InChI is InChI=1S/C26H38N2O5S/c1-5-12-27(18-10-8-7-9-11-18)24(31)22-26-16(3)14-19(34-26)20(25(32)33-13-6-2)21(26)23(30)28(22)17(4)15-29/h5-6,16-22,29H,1-2,7-15H2,3-4H3/t16?,17-,19-,20+,21+,22?,26?/m1/s1. The first kappa shape index (κ1) is 25.3. The molecule has 0 aromatic rings. The van der Waals surface area contributed by atoms with E-state index >= 15 is 0 Å². The van der Waals surface area contributed by atoms with E-state index in [2.05, 4.69) is 20.1 Å². The minimum atomic E-state index is -0.712. The molecule has 1 spiro atoms. The first-order valence-electron chi connectivity index (χ1n) is 12.6. The number of ether oxygens (including phenoxy) is 1. The van der Waals surface area contributed by atoms with Crippen LogP contribution in [0, 0.1) is 17.8 Å². The van der Waals surface area contributed by atoms with Gasteiger partial charge in [0.15, 0.2) is 0 Å². The number of likely N-dealkylation sites (tertiary alicyclic amines) is 1. The van der Waals surface area contributed by atoms with Crippen molar-refractivity contribution in [2.75, 3.05) is 19.8 Å². The van der Waals surface area contributed by atoms with Gasteiger partial charge in [0.25, 0.3) is 0 Å². The van der Waals surface area contributed by atoms with Crippen molar-refractivity contribution in [3.8, 4) is 0 Å². The van der Waals surface area contributed by atoms with E-state index in [-0.39, 0.29) is 48.2 Å². The second-order valence-electron chi connectivity index (χ2n) is 10.3. The Kier molecular flexibility index (Phi) is 7.48. The van der Waals surface area contributed by atoms with Crippen molar-refractivity contribution in [1.29, 1.82) is 0 Å². The number of amides is 2. The van der Waals surface area contributed by atoms with Gasteiger partial charge in [-0.2, -0.15) is 0 Å². The SMILES string of the molecule is C=CCOC(=O)[C@@H]1[C@H]2C(=O)N([C@H](C)CO)C(C(=O)N(CC=C)C3CCCCC3)C23S[C@@H]1CC3C. The molecule has 2 amide bonds. The molecule has 4 fully saturated rings. The maximum Gasteiger partial charge on any atom is 0.311 e. The van der Waals surface area contributed by atoms with Gasteiger partial charge in [-0.05, 0) is 32.1 Å². The summed E-state index contributed by atoms with van der Waals surface area (Å²) in [6, 6.07) is -1.10. The van der Waals surface area contributed by atoms with Crippen molar-refractivity contribution in [3.63, 3.8) is 0 Å². The number of aliphatic hydroxyl groups excluding tert-OH is 1. The summed E-state index contributed by atoms with van der Waals surface area (Å²) < 4.78 is 4.72. The fourth-order valence-corrected chi connectivity index (χ4v) is 9.30. The van der Waals surface area contributed by atoms with Gasteiger partial charge in [-0.25, -0.2) is 0 Å². The molecular weight excluding hydrogens is 452 g/mol. The third kappa shape index (κ3) is 3.81. The van der Waals surface area contributed by atoms with Gasteiger partial charge in [-0.15, -0.1) is 18.3 Å². The van der Waals surface area contributed by atoms with Gasteiger partial charge in [0.1, 0.15) is 12.6 Å². The van der Waals surface area contributed by atoms with Crippen LogP contribution in [0.5, 0.6) is 0 Å². The highest BCUT2D eigenvalue weighted by atomic mass is 32.2. The summed E-state index contributed by atoms with van der Waals surface area (Å²) in [6.45, 7) is 11.7. The zero-order chi connectivity index (χ0) is 24.6. The van der Waals surface area contributed by atoms with Gasteiger partial charge in [0.05, 0.1) is 29.2 Å². The lowest BCUT2D eigenvalue weighted by atomic mass is 9.66. The molecular formula is C26H38N2O5S. The van der Waals surface area contributed by atoms with Gasteiger partial charge in [-0.1, -0.05) is 44.9 Å².